The number of pyridine rings is 1. The summed E-state index contributed by atoms with van der Waals surface area (Å²) in [5.41, 5.74) is -2.08. The summed E-state index contributed by atoms with van der Waals surface area (Å²) < 4.78 is 24.0. The van der Waals surface area contributed by atoms with E-state index >= 15 is 0 Å². The van der Waals surface area contributed by atoms with E-state index in [2.05, 4.69) is 15.9 Å². The number of carboxylic acid groups (broad SMARTS) is 1. The molecule has 0 saturated heterocycles. The molecule has 0 amide bonds. The minimum absolute atomic E-state index is 0.269. The van der Waals surface area contributed by atoms with Crippen LogP contribution in [0.5, 0.6) is 0 Å². The standard InChI is InChI=1S/C7H4BrF2NO3/c8-4-3(12)1-2(6(9)10)11-5(4)7(13)14/h1,6H,(H,11,12)(H,13,14). The molecule has 1 rings (SSSR count). The minimum Gasteiger partial charge on any atom is -0.477 e. The summed E-state index contributed by atoms with van der Waals surface area (Å²) in [7, 11) is 0. The number of aromatic nitrogens is 1. The molecular formula is C7H4BrF2NO3. The van der Waals surface area contributed by atoms with Crippen LogP contribution in [0, 0.1) is 0 Å². The highest BCUT2D eigenvalue weighted by atomic mass is 79.9. The van der Waals surface area contributed by atoms with Crippen molar-refractivity contribution in [3.05, 3.63) is 32.2 Å². The molecule has 0 saturated carbocycles. The number of nitrogens with one attached hydrogen (secondary N) is 1. The van der Waals surface area contributed by atoms with E-state index in [0.29, 0.717) is 6.07 Å². The Bertz CT molecular complexity index is 429. The van der Waals surface area contributed by atoms with Gasteiger partial charge in [-0.2, -0.15) is 0 Å². The zero-order valence-electron chi connectivity index (χ0n) is 6.55. The number of aromatic carboxylic acids is 1. The maximum atomic E-state index is 12.1. The molecule has 0 bridgehead atoms. The first-order valence-electron chi connectivity index (χ1n) is 3.37. The molecule has 0 fully saturated rings. The normalized spacial score (nSPS) is 10.6. The average molecular weight is 268 g/mol. The third kappa shape index (κ3) is 1.98. The molecule has 0 aliphatic rings. The second-order valence-electron chi connectivity index (χ2n) is 2.38. The Morgan fingerprint density at radius 1 is 1.57 bits per heavy atom. The van der Waals surface area contributed by atoms with Gasteiger partial charge in [0, 0.05) is 6.07 Å². The van der Waals surface area contributed by atoms with Gasteiger partial charge in [-0.15, -0.1) is 0 Å². The molecule has 0 radical (unpaired) electrons. The molecule has 76 valence electrons. The Hall–Kier alpha value is -1.24. The largest absolute Gasteiger partial charge is 0.477 e. The highest BCUT2D eigenvalue weighted by Gasteiger charge is 2.17. The van der Waals surface area contributed by atoms with Crippen LogP contribution in [0.25, 0.3) is 0 Å². The minimum atomic E-state index is -2.91. The lowest BCUT2D eigenvalue weighted by Crippen LogP contribution is -2.14. The van der Waals surface area contributed by atoms with Gasteiger partial charge >= 0.3 is 5.97 Å². The van der Waals surface area contributed by atoms with Crippen LogP contribution in [0.3, 0.4) is 0 Å². The van der Waals surface area contributed by atoms with Crippen LogP contribution in [0.1, 0.15) is 22.6 Å². The molecular weight excluding hydrogens is 264 g/mol. The lowest BCUT2D eigenvalue weighted by Gasteiger charge is -2.03. The molecule has 1 aromatic heterocycles. The Labute approximate surface area is 84.7 Å². The van der Waals surface area contributed by atoms with Crippen molar-refractivity contribution in [1.29, 1.82) is 0 Å². The lowest BCUT2D eigenvalue weighted by atomic mass is 10.3. The summed E-state index contributed by atoms with van der Waals surface area (Å²) in [6.45, 7) is 0. The Morgan fingerprint density at radius 3 is 2.57 bits per heavy atom. The number of hydrogen-bond acceptors (Lipinski definition) is 2. The highest BCUT2D eigenvalue weighted by molar-refractivity contribution is 9.10. The average Bonchev–Trinajstić information content (AvgIpc) is 2.08. The predicted octanol–water partition coefficient (Wildman–Crippen LogP) is 1.77. The van der Waals surface area contributed by atoms with E-state index in [4.69, 9.17) is 5.11 Å². The molecule has 14 heavy (non-hydrogen) atoms. The van der Waals surface area contributed by atoms with E-state index in [1.807, 2.05) is 4.98 Å². The Morgan fingerprint density at radius 2 is 2.14 bits per heavy atom. The number of carbonyl (C=O) groups is 1. The summed E-state index contributed by atoms with van der Waals surface area (Å²) in [5.74, 6) is -1.48. The van der Waals surface area contributed by atoms with Gasteiger partial charge in [0.1, 0.15) is 5.69 Å². The van der Waals surface area contributed by atoms with Crippen molar-refractivity contribution in [2.24, 2.45) is 0 Å². The van der Waals surface area contributed by atoms with E-state index in [0.717, 1.165) is 0 Å². The van der Waals surface area contributed by atoms with Crippen molar-refractivity contribution in [1.82, 2.24) is 4.98 Å². The van der Waals surface area contributed by atoms with Gasteiger partial charge in [-0.1, -0.05) is 0 Å². The monoisotopic (exact) mass is 267 g/mol. The number of rotatable bonds is 2. The van der Waals surface area contributed by atoms with Crippen molar-refractivity contribution >= 4 is 21.9 Å². The number of carboxylic acids is 1. The Balaban J connectivity index is 3.43. The molecule has 0 spiro atoms. The third-order valence-electron chi connectivity index (χ3n) is 1.44. The molecule has 2 N–H and O–H groups in total. The number of H-pyrrole nitrogens is 1. The molecule has 1 aromatic rings. The fraction of sp³-hybridized carbons (Fsp3) is 0.143. The first-order chi connectivity index (χ1) is 6.43. The first-order valence-corrected chi connectivity index (χ1v) is 4.17. The molecule has 0 aliphatic heterocycles. The predicted molar refractivity (Wildman–Crippen MR) is 46.7 cm³/mol. The van der Waals surface area contributed by atoms with Gasteiger partial charge in [-0.3, -0.25) is 4.79 Å². The van der Waals surface area contributed by atoms with Crippen molar-refractivity contribution in [2.75, 3.05) is 0 Å². The zero-order valence-corrected chi connectivity index (χ0v) is 8.14. The van der Waals surface area contributed by atoms with Crippen LogP contribution in [0.15, 0.2) is 15.3 Å². The first kappa shape index (κ1) is 10.8. The molecule has 0 aromatic carbocycles. The Kier molecular flexibility index (Phi) is 3.00. The van der Waals surface area contributed by atoms with E-state index < -0.39 is 29.2 Å². The molecule has 4 nitrogen and oxygen atoms in total. The van der Waals surface area contributed by atoms with Crippen molar-refractivity contribution in [3.63, 3.8) is 0 Å². The van der Waals surface area contributed by atoms with Crippen LogP contribution in [-0.2, 0) is 0 Å². The third-order valence-corrected chi connectivity index (χ3v) is 2.23. The topological polar surface area (TPSA) is 70.2 Å². The smallest absolute Gasteiger partial charge is 0.353 e. The van der Waals surface area contributed by atoms with Crippen LogP contribution >= 0.6 is 15.9 Å². The summed E-state index contributed by atoms with van der Waals surface area (Å²) in [5, 5.41) is 8.55. The van der Waals surface area contributed by atoms with E-state index in [1.165, 1.54) is 0 Å². The summed E-state index contributed by atoms with van der Waals surface area (Å²) in [6, 6.07) is 0.654. The molecule has 0 atom stereocenters. The summed E-state index contributed by atoms with van der Waals surface area (Å²) >= 11 is 2.69. The number of aromatic amines is 1. The number of alkyl halides is 2. The van der Waals surface area contributed by atoms with Crippen LogP contribution < -0.4 is 5.43 Å². The van der Waals surface area contributed by atoms with Crippen LogP contribution in [-0.4, -0.2) is 16.1 Å². The maximum absolute atomic E-state index is 12.1. The molecule has 7 heteroatoms. The van der Waals surface area contributed by atoms with Crippen molar-refractivity contribution in [2.45, 2.75) is 6.43 Å². The lowest BCUT2D eigenvalue weighted by molar-refractivity contribution is 0.0687. The number of halogens is 3. The number of hydrogen-bond donors (Lipinski definition) is 2. The molecule has 1 heterocycles. The van der Waals surface area contributed by atoms with E-state index in [9.17, 15) is 18.4 Å². The van der Waals surface area contributed by atoms with Crippen molar-refractivity contribution < 1.29 is 18.7 Å². The quantitative estimate of drug-likeness (QED) is 0.858. The van der Waals surface area contributed by atoms with Crippen molar-refractivity contribution in [3.8, 4) is 0 Å². The SMILES string of the molecule is O=C(O)c1[nH]c(C(F)F)cc(=O)c1Br. The molecule has 0 unspecified atom stereocenters. The second kappa shape index (κ2) is 3.87. The fourth-order valence-corrected chi connectivity index (χ4v) is 1.21. The molecule has 0 aliphatic carbocycles. The summed E-state index contributed by atoms with van der Waals surface area (Å²) in [4.78, 5) is 23.5. The van der Waals surface area contributed by atoms with Gasteiger partial charge in [-0.25, -0.2) is 13.6 Å². The van der Waals surface area contributed by atoms with E-state index in [1.54, 1.807) is 0 Å². The van der Waals surface area contributed by atoms with Gasteiger partial charge < -0.3 is 10.1 Å². The van der Waals surface area contributed by atoms with Gasteiger partial charge in [0.25, 0.3) is 6.43 Å². The van der Waals surface area contributed by atoms with Gasteiger partial charge in [0.2, 0.25) is 0 Å². The van der Waals surface area contributed by atoms with Crippen LogP contribution in [0.4, 0.5) is 8.78 Å². The highest BCUT2D eigenvalue weighted by Crippen LogP contribution is 2.18. The van der Waals surface area contributed by atoms with Gasteiger partial charge in [0.15, 0.2) is 5.43 Å². The maximum Gasteiger partial charge on any atom is 0.353 e. The second-order valence-corrected chi connectivity index (χ2v) is 3.18. The van der Waals surface area contributed by atoms with Gasteiger partial charge in [-0.05, 0) is 15.9 Å². The van der Waals surface area contributed by atoms with Crippen LogP contribution in [0.2, 0.25) is 0 Å². The summed E-state index contributed by atoms with van der Waals surface area (Å²) in [6.07, 6.45) is -2.91. The van der Waals surface area contributed by atoms with E-state index in [-0.39, 0.29) is 4.47 Å². The van der Waals surface area contributed by atoms with Gasteiger partial charge in [0.05, 0.1) is 10.2 Å². The fourth-order valence-electron chi connectivity index (χ4n) is 0.828. The zero-order chi connectivity index (χ0) is 10.9.